The van der Waals surface area contributed by atoms with E-state index in [4.69, 9.17) is 0 Å². The maximum absolute atomic E-state index is 12.7. The van der Waals surface area contributed by atoms with Crippen LogP contribution in [0.4, 0.5) is 26.3 Å². The fourth-order valence-electron chi connectivity index (χ4n) is 2.80. The van der Waals surface area contributed by atoms with Crippen LogP contribution in [0.25, 0.3) is 0 Å². The van der Waals surface area contributed by atoms with Crippen LogP contribution < -0.4 is 0 Å². The van der Waals surface area contributed by atoms with Gasteiger partial charge in [-0.3, -0.25) is 9.48 Å². The number of rotatable bonds is 3. The Morgan fingerprint density at radius 1 is 1.24 bits per heavy atom. The molecule has 1 aromatic rings. The van der Waals surface area contributed by atoms with Gasteiger partial charge in [0, 0.05) is 30.9 Å². The number of aromatic nitrogens is 2. The molecule has 0 aliphatic carbocycles. The lowest BCUT2D eigenvalue weighted by molar-refractivity contribution is -0.250. The average molecular weight is 373 g/mol. The highest BCUT2D eigenvalue weighted by atomic mass is 19.4. The Morgan fingerprint density at radius 3 is 2.28 bits per heavy atom. The highest BCUT2D eigenvalue weighted by molar-refractivity contribution is 5.85. The van der Waals surface area contributed by atoms with Crippen molar-refractivity contribution in [2.45, 2.75) is 50.2 Å². The van der Waals surface area contributed by atoms with E-state index in [9.17, 15) is 36.2 Å². The molecule has 0 aromatic carbocycles. The molecule has 5 nitrogen and oxygen atoms in total. The molecule has 25 heavy (non-hydrogen) atoms. The number of piperidine rings is 1. The molecule has 1 aliphatic heterocycles. The predicted molar refractivity (Wildman–Crippen MR) is 73.5 cm³/mol. The van der Waals surface area contributed by atoms with Gasteiger partial charge >= 0.3 is 12.4 Å². The maximum Gasteiger partial charge on any atom is 0.426 e. The van der Waals surface area contributed by atoms with E-state index >= 15 is 0 Å². The zero-order valence-electron chi connectivity index (χ0n) is 13.2. The molecule has 1 amide bonds. The number of nitrogens with zero attached hydrogens (tertiary/aromatic N) is 3. The van der Waals surface area contributed by atoms with Crippen molar-refractivity contribution >= 4 is 5.91 Å². The molecule has 1 fully saturated rings. The molecule has 2 rings (SSSR count). The minimum atomic E-state index is -5.10. The van der Waals surface area contributed by atoms with Crippen LogP contribution in [0, 0.1) is 0 Å². The second-order valence-corrected chi connectivity index (χ2v) is 6.17. The van der Waals surface area contributed by atoms with Crippen molar-refractivity contribution in [3.8, 4) is 0 Å². The lowest BCUT2D eigenvalue weighted by atomic mass is 9.92. The summed E-state index contributed by atoms with van der Waals surface area (Å²) in [5.41, 5.74) is -3.16. The maximum atomic E-state index is 12.7. The number of alkyl halides is 6. The molecular formula is C14H17F6N3O2. The molecule has 11 heteroatoms. The fourth-order valence-corrected chi connectivity index (χ4v) is 2.80. The summed E-state index contributed by atoms with van der Waals surface area (Å²) in [6.07, 6.45) is -7.95. The van der Waals surface area contributed by atoms with E-state index in [2.05, 4.69) is 5.10 Å². The van der Waals surface area contributed by atoms with Crippen molar-refractivity contribution in [1.82, 2.24) is 14.7 Å². The Morgan fingerprint density at radius 2 is 1.80 bits per heavy atom. The molecule has 1 atom stereocenters. The van der Waals surface area contributed by atoms with E-state index in [1.165, 1.54) is 12.3 Å². The van der Waals surface area contributed by atoms with E-state index in [0.717, 1.165) is 9.58 Å². The third kappa shape index (κ3) is 4.25. The van der Waals surface area contributed by atoms with Gasteiger partial charge in [-0.15, -0.1) is 0 Å². The number of hydrogen-bond donors (Lipinski definition) is 1. The quantitative estimate of drug-likeness (QED) is 0.829. The van der Waals surface area contributed by atoms with E-state index in [1.54, 1.807) is 0 Å². The molecule has 0 saturated carbocycles. The van der Waals surface area contributed by atoms with Crippen molar-refractivity contribution in [1.29, 1.82) is 0 Å². The summed E-state index contributed by atoms with van der Waals surface area (Å²) in [5.74, 6) is -1.81. The summed E-state index contributed by atoms with van der Waals surface area (Å²) in [7, 11) is 0. The first-order valence-corrected chi connectivity index (χ1v) is 7.50. The minimum Gasteiger partial charge on any atom is -0.373 e. The Bertz CT molecular complexity index is 615. The van der Waals surface area contributed by atoms with E-state index in [-0.39, 0.29) is 31.8 Å². The lowest BCUT2D eigenvalue weighted by Gasteiger charge is -2.36. The molecule has 1 N–H and O–H groups in total. The molecule has 1 saturated heterocycles. The van der Waals surface area contributed by atoms with Gasteiger partial charge in [-0.25, -0.2) is 0 Å². The largest absolute Gasteiger partial charge is 0.426 e. The molecule has 142 valence electrons. The van der Waals surface area contributed by atoms with Gasteiger partial charge in [0.2, 0.25) is 5.60 Å². The van der Waals surface area contributed by atoms with Crippen LogP contribution in [0.3, 0.4) is 0 Å². The second-order valence-electron chi connectivity index (χ2n) is 6.17. The van der Waals surface area contributed by atoms with Gasteiger partial charge in [0.05, 0.1) is 0 Å². The van der Waals surface area contributed by atoms with E-state index in [1.807, 2.05) is 0 Å². The highest BCUT2D eigenvalue weighted by Gasteiger charge is 2.57. The predicted octanol–water partition coefficient (Wildman–Crippen LogP) is 2.46. The number of carbonyl (C=O) groups is 1. The topological polar surface area (TPSA) is 58.4 Å². The van der Waals surface area contributed by atoms with Crippen molar-refractivity contribution in [3.05, 3.63) is 18.0 Å². The van der Waals surface area contributed by atoms with Gasteiger partial charge in [0.15, 0.2) is 0 Å². The summed E-state index contributed by atoms with van der Waals surface area (Å²) in [6.45, 7) is -1.04. The van der Waals surface area contributed by atoms with Crippen molar-refractivity contribution in [2.75, 3.05) is 13.1 Å². The number of hydrogen-bond acceptors (Lipinski definition) is 3. The number of halogens is 6. The molecule has 0 unspecified atom stereocenters. The Hall–Kier alpha value is -1.78. The normalized spacial score (nSPS) is 19.8. The van der Waals surface area contributed by atoms with Gasteiger partial charge in [0.25, 0.3) is 5.91 Å². The van der Waals surface area contributed by atoms with Crippen LogP contribution in [-0.2, 0) is 11.3 Å². The van der Waals surface area contributed by atoms with Gasteiger partial charge in [-0.2, -0.15) is 31.4 Å². The molecule has 0 radical (unpaired) electrons. The van der Waals surface area contributed by atoms with E-state index in [0.29, 0.717) is 12.6 Å². The first kappa shape index (κ1) is 19.5. The summed E-state index contributed by atoms with van der Waals surface area (Å²) in [5, 5.41) is 13.1. The van der Waals surface area contributed by atoms with Crippen LogP contribution in [-0.4, -0.2) is 56.7 Å². The number of carbonyl (C=O) groups excluding carboxylic acids is 1. The lowest BCUT2D eigenvalue weighted by Crippen LogP contribution is -2.57. The number of likely N-dealkylation sites (tertiary alicyclic amines) is 1. The zero-order valence-corrected chi connectivity index (χ0v) is 13.2. The fraction of sp³-hybridized carbons (Fsp3) is 0.714. The Labute approximate surface area is 139 Å². The molecule has 2 heterocycles. The van der Waals surface area contributed by atoms with Gasteiger partial charge in [0.1, 0.15) is 6.54 Å². The molecule has 1 aliphatic rings. The summed E-state index contributed by atoms with van der Waals surface area (Å²) in [6, 6.07) is 1.43. The van der Waals surface area contributed by atoms with Crippen LogP contribution in [0.1, 0.15) is 31.4 Å². The first-order chi connectivity index (χ1) is 11.3. The minimum absolute atomic E-state index is 0.0903. The first-order valence-electron chi connectivity index (χ1n) is 7.50. The summed E-state index contributed by atoms with van der Waals surface area (Å²) >= 11 is 0. The van der Waals surface area contributed by atoms with Crippen molar-refractivity contribution < 1.29 is 36.2 Å². The zero-order chi connectivity index (χ0) is 19.0. The number of aliphatic hydroxyl groups is 1. The third-order valence-corrected chi connectivity index (χ3v) is 4.25. The standard InChI is InChI=1S/C14H17F6N3O2/c1-12(25,14(18,19)20)11(24)22-6-3-9(4-7-22)10-2-5-21-23(10)8-13(15,16)17/h2,5,9,25H,3-4,6-8H2,1H3/t12-/m1/s1. The molecule has 0 bridgehead atoms. The van der Waals surface area contributed by atoms with Crippen LogP contribution in [0.5, 0.6) is 0 Å². The van der Waals surface area contributed by atoms with Crippen molar-refractivity contribution in [3.63, 3.8) is 0 Å². The molecule has 0 spiro atoms. The van der Waals surface area contributed by atoms with Crippen LogP contribution >= 0.6 is 0 Å². The van der Waals surface area contributed by atoms with Crippen LogP contribution in [0.2, 0.25) is 0 Å². The summed E-state index contributed by atoms with van der Waals surface area (Å²) < 4.78 is 76.6. The van der Waals surface area contributed by atoms with Crippen molar-refractivity contribution in [2.24, 2.45) is 0 Å². The SMILES string of the molecule is C[C@@](O)(C(=O)N1CCC(c2ccnn2CC(F)(F)F)CC1)C(F)(F)F. The summed E-state index contributed by atoms with van der Waals surface area (Å²) in [4.78, 5) is 12.8. The average Bonchev–Trinajstić information content (AvgIpc) is 2.91. The Balaban J connectivity index is 2.04. The van der Waals surface area contributed by atoms with Gasteiger partial charge < -0.3 is 10.0 Å². The smallest absolute Gasteiger partial charge is 0.373 e. The van der Waals surface area contributed by atoms with E-state index < -0.39 is 30.4 Å². The monoisotopic (exact) mass is 373 g/mol. The van der Waals surface area contributed by atoms with Crippen LogP contribution in [0.15, 0.2) is 12.3 Å². The highest BCUT2D eigenvalue weighted by Crippen LogP contribution is 2.34. The molecular weight excluding hydrogens is 356 g/mol. The third-order valence-electron chi connectivity index (χ3n) is 4.25. The van der Waals surface area contributed by atoms with Gasteiger partial charge in [-0.05, 0) is 25.8 Å². The van der Waals surface area contributed by atoms with Gasteiger partial charge in [-0.1, -0.05) is 0 Å². The Kier molecular flexibility index (Phi) is 5.08. The second kappa shape index (κ2) is 6.50. The molecule has 1 aromatic heterocycles. The number of amides is 1.